The zero-order valence-corrected chi connectivity index (χ0v) is 11.0. The Kier molecular flexibility index (Phi) is 4.33. The summed E-state index contributed by atoms with van der Waals surface area (Å²) in [5.41, 5.74) is 1.42. The molecule has 0 aliphatic rings. The number of hydrogen-bond donors (Lipinski definition) is 2. The van der Waals surface area contributed by atoms with Crippen molar-refractivity contribution in [2.45, 2.75) is 12.8 Å². The minimum atomic E-state index is -1.17. The maximum atomic E-state index is 12.8. The van der Waals surface area contributed by atoms with E-state index < -0.39 is 11.9 Å². The smallest absolute Gasteiger partial charge is 0.335 e. The van der Waals surface area contributed by atoms with Gasteiger partial charge in [-0.2, -0.15) is 0 Å². The molecule has 2 aromatic carbocycles. The number of halogens is 1. The van der Waals surface area contributed by atoms with Gasteiger partial charge in [0.1, 0.15) is 5.82 Å². The third kappa shape index (κ3) is 3.89. The summed E-state index contributed by atoms with van der Waals surface area (Å²) in [7, 11) is 0. The number of rotatable bonds is 5. The summed E-state index contributed by atoms with van der Waals surface area (Å²) in [6.45, 7) is 0. The van der Waals surface area contributed by atoms with Gasteiger partial charge in [-0.25, -0.2) is 14.0 Å². The van der Waals surface area contributed by atoms with E-state index in [-0.39, 0.29) is 16.9 Å². The number of aryl methyl sites for hydroxylation is 2. The van der Waals surface area contributed by atoms with Crippen LogP contribution >= 0.6 is 0 Å². The molecule has 0 bridgehead atoms. The van der Waals surface area contributed by atoms with Crippen LogP contribution in [-0.4, -0.2) is 22.2 Å². The van der Waals surface area contributed by atoms with Crippen LogP contribution < -0.4 is 0 Å². The molecule has 0 radical (unpaired) electrons. The summed E-state index contributed by atoms with van der Waals surface area (Å²) >= 11 is 0. The molecule has 4 nitrogen and oxygen atoms in total. The Bertz CT molecular complexity index is 645. The third-order valence-corrected chi connectivity index (χ3v) is 3.10. The Balaban J connectivity index is 2.20. The van der Waals surface area contributed by atoms with Gasteiger partial charge in [0.15, 0.2) is 0 Å². The maximum Gasteiger partial charge on any atom is 0.335 e. The lowest BCUT2D eigenvalue weighted by Gasteiger charge is -2.06. The monoisotopic (exact) mass is 288 g/mol. The van der Waals surface area contributed by atoms with Crippen LogP contribution in [0.2, 0.25) is 0 Å². The van der Waals surface area contributed by atoms with E-state index in [0.29, 0.717) is 18.4 Å². The maximum absolute atomic E-state index is 12.8. The van der Waals surface area contributed by atoms with Crippen molar-refractivity contribution in [1.29, 1.82) is 0 Å². The Morgan fingerprint density at radius 1 is 0.810 bits per heavy atom. The highest BCUT2D eigenvalue weighted by Crippen LogP contribution is 2.14. The highest BCUT2D eigenvalue weighted by molar-refractivity contribution is 5.94. The molecule has 0 atom stereocenters. The van der Waals surface area contributed by atoms with Crippen LogP contribution in [0, 0.1) is 5.82 Å². The van der Waals surface area contributed by atoms with Crippen molar-refractivity contribution in [2.24, 2.45) is 0 Å². The molecule has 0 saturated carbocycles. The van der Waals surface area contributed by atoms with Crippen LogP contribution in [0.15, 0.2) is 42.5 Å². The van der Waals surface area contributed by atoms with E-state index >= 15 is 0 Å². The second kappa shape index (κ2) is 6.17. The first-order chi connectivity index (χ1) is 9.95. The average Bonchev–Trinajstić information content (AvgIpc) is 2.46. The lowest BCUT2D eigenvalue weighted by atomic mass is 10.00. The summed E-state index contributed by atoms with van der Waals surface area (Å²) in [6.07, 6.45) is 1.05. The fraction of sp³-hybridized carbons (Fsp3) is 0.125. The van der Waals surface area contributed by atoms with Gasteiger partial charge in [-0.05, 0) is 54.3 Å². The number of hydrogen-bond acceptors (Lipinski definition) is 2. The van der Waals surface area contributed by atoms with E-state index in [1.54, 1.807) is 12.1 Å². The highest BCUT2D eigenvalue weighted by Gasteiger charge is 2.11. The normalized spacial score (nSPS) is 10.3. The predicted molar refractivity (Wildman–Crippen MR) is 74.2 cm³/mol. The Hall–Kier alpha value is -2.69. The van der Waals surface area contributed by atoms with Gasteiger partial charge in [-0.1, -0.05) is 12.1 Å². The molecule has 0 spiro atoms. The Morgan fingerprint density at radius 2 is 1.29 bits per heavy atom. The molecular formula is C16H13FO4. The number of carbonyl (C=O) groups is 2. The molecule has 108 valence electrons. The molecule has 0 aromatic heterocycles. The van der Waals surface area contributed by atoms with Crippen molar-refractivity contribution in [1.82, 2.24) is 0 Å². The van der Waals surface area contributed by atoms with Crippen LogP contribution in [0.4, 0.5) is 4.39 Å². The van der Waals surface area contributed by atoms with Crippen LogP contribution in [0.25, 0.3) is 0 Å². The SMILES string of the molecule is O=C(O)c1cc(CCc2ccc(F)cc2)cc(C(=O)O)c1. The molecule has 0 unspecified atom stereocenters. The van der Waals surface area contributed by atoms with Crippen LogP contribution in [0.3, 0.4) is 0 Å². The lowest BCUT2D eigenvalue weighted by molar-refractivity contribution is 0.0696. The molecule has 0 saturated heterocycles. The van der Waals surface area contributed by atoms with E-state index in [2.05, 4.69) is 0 Å². The first kappa shape index (κ1) is 14.7. The van der Waals surface area contributed by atoms with Crippen molar-refractivity contribution in [3.05, 3.63) is 70.5 Å². The topological polar surface area (TPSA) is 74.6 Å². The Morgan fingerprint density at radius 3 is 1.76 bits per heavy atom. The van der Waals surface area contributed by atoms with Crippen molar-refractivity contribution >= 4 is 11.9 Å². The molecule has 0 amide bonds. The zero-order chi connectivity index (χ0) is 15.4. The zero-order valence-electron chi connectivity index (χ0n) is 11.0. The fourth-order valence-corrected chi connectivity index (χ4v) is 2.02. The predicted octanol–water partition coefficient (Wildman–Crippen LogP) is 3.01. The molecule has 2 N–H and O–H groups in total. The first-order valence-corrected chi connectivity index (χ1v) is 6.30. The molecule has 0 aliphatic heterocycles. The summed E-state index contributed by atoms with van der Waals surface area (Å²) in [6, 6.07) is 10.0. The van der Waals surface area contributed by atoms with Gasteiger partial charge in [-0.3, -0.25) is 0 Å². The third-order valence-electron chi connectivity index (χ3n) is 3.10. The van der Waals surface area contributed by atoms with Crippen molar-refractivity contribution < 1.29 is 24.2 Å². The minimum absolute atomic E-state index is 0.0518. The summed E-state index contributed by atoms with van der Waals surface area (Å²) in [4.78, 5) is 22.0. The van der Waals surface area contributed by atoms with Crippen molar-refractivity contribution in [3.63, 3.8) is 0 Å². The van der Waals surface area contributed by atoms with Gasteiger partial charge in [0, 0.05) is 0 Å². The van der Waals surface area contributed by atoms with E-state index in [1.807, 2.05) is 0 Å². The quantitative estimate of drug-likeness (QED) is 0.887. The number of carboxylic acids is 2. The molecular weight excluding hydrogens is 275 g/mol. The standard InChI is InChI=1S/C16H13FO4/c17-14-5-3-10(4-6-14)1-2-11-7-12(15(18)19)9-13(8-11)16(20)21/h3-9H,1-2H2,(H,18,19)(H,20,21). The lowest BCUT2D eigenvalue weighted by Crippen LogP contribution is -2.05. The molecule has 2 aromatic rings. The minimum Gasteiger partial charge on any atom is -0.478 e. The number of carboxylic acid groups (broad SMARTS) is 2. The molecule has 0 heterocycles. The number of aromatic carboxylic acids is 2. The Labute approximate surface area is 120 Å². The summed E-state index contributed by atoms with van der Waals surface area (Å²) in [5, 5.41) is 18.0. The summed E-state index contributed by atoms with van der Waals surface area (Å²) in [5.74, 6) is -2.65. The first-order valence-electron chi connectivity index (χ1n) is 6.30. The van der Waals surface area contributed by atoms with E-state index in [9.17, 15) is 14.0 Å². The van der Waals surface area contributed by atoms with Crippen molar-refractivity contribution in [3.8, 4) is 0 Å². The number of benzene rings is 2. The van der Waals surface area contributed by atoms with Gasteiger partial charge in [0.05, 0.1) is 11.1 Å². The molecule has 21 heavy (non-hydrogen) atoms. The average molecular weight is 288 g/mol. The van der Waals surface area contributed by atoms with Gasteiger partial charge in [0.25, 0.3) is 0 Å². The second-order valence-electron chi connectivity index (χ2n) is 4.66. The second-order valence-corrected chi connectivity index (χ2v) is 4.66. The van der Waals surface area contributed by atoms with Gasteiger partial charge >= 0.3 is 11.9 Å². The van der Waals surface area contributed by atoms with E-state index in [0.717, 1.165) is 11.6 Å². The van der Waals surface area contributed by atoms with Crippen LogP contribution in [0.1, 0.15) is 31.8 Å². The fourth-order valence-electron chi connectivity index (χ4n) is 2.02. The van der Waals surface area contributed by atoms with Crippen molar-refractivity contribution in [2.75, 3.05) is 0 Å². The largest absolute Gasteiger partial charge is 0.478 e. The molecule has 5 heteroatoms. The van der Waals surface area contributed by atoms with E-state index in [4.69, 9.17) is 10.2 Å². The molecule has 0 aliphatic carbocycles. The van der Waals surface area contributed by atoms with Gasteiger partial charge in [-0.15, -0.1) is 0 Å². The highest BCUT2D eigenvalue weighted by atomic mass is 19.1. The van der Waals surface area contributed by atoms with E-state index in [1.165, 1.54) is 24.3 Å². The van der Waals surface area contributed by atoms with Crippen LogP contribution in [-0.2, 0) is 12.8 Å². The van der Waals surface area contributed by atoms with Gasteiger partial charge in [0.2, 0.25) is 0 Å². The molecule has 2 rings (SSSR count). The van der Waals surface area contributed by atoms with Crippen LogP contribution in [0.5, 0.6) is 0 Å². The summed E-state index contributed by atoms with van der Waals surface area (Å²) < 4.78 is 12.8. The van der Waals surface area contributed by atoms with Gasteiger partial charge < -0.3 is 10.2 Å². The molecule has 0 fully saturated rings.